The molecule has 0 unspecified atom stereocenters. The van der Waals surface area contributed by atoms with Gasteiger partial charge in [0.1, 0.15) is 11.6 Å². The first kappa shape index (κ1) is 19.9. The summed E-state index contributed by atoms with van der Waals surface area (Å²) in [6.07, 6.45) is 7.55. The van der Waals surface area contributed by atoms with Crippen molar-refractivity contribution in [3.63, 3.8) is 0 Å². The zero-order valence-corrected chi connectivity index (χ0v) is 18.2. The van der Waals surface area contributed by atoms with E-state index in [9.17, 15) is 0 Å². The summed E-state index contributed by atoms with van der Waals surface area (Å²) in [5.41, 5.74) is 11.4. The van der Waals surface area contributed by atoms with Gasteiger partial charge in [-0.05, 0) is 61.7 Å². The highest BCUT2D eigenvalue weighted by molar-refractivity contribution is 5.94. The Bertz CT molecular complexity index is 1400. The molecule has 0 amide bonds. The van der Waals surface area contributed by atoms with E-state index in [2.05, 4.69) is 67.6 Å². The summed E-state index contributed by atoms with van der Waals surface area (Å²) in [7, 11) is 2.04. The van der Waals surface area contributed by atoms with Crippen molar-refractivity contribution in [2.75, 3.05) is 17.7 Å². The van der Waals surface area contributed by atoms with Gasteiger partial charge in [0.15, 0.2) is 0 Å². The van der Waals surface area contributed by atoms with Crippen LogP contribution >= 0.6 is 0 Å². The number of benzene rings is 2. The predicted octanol–water partition coefficient (Wildman–Crippen LogP) is 4.96. The molecule has 0 fully saturated rings. The number of H-pyrrole nitrogens is 1. The average Bonchev–Trinajstić information content (AvgIpc) is 3.37. The smallest absolute Gasteiger partial charge is 0.221 e. The quantitative estimate of drug-likeness (QED) is 0.342. The van der Waals surface area contributed by atoms with E-state index in [1.807, 2.05) is 32.3 Å². The van der Waals surface area contributed by atoms with Gasteiger partial charge >= 0.3 is 0 Å². The fourth-order valence-electron chi connectivity index (χ4n) is 4.14. The van der Waals surface area contributed by atoms with Crippen molar-refractivity contribution in [3.8, 4) is 5.75 Å². The zero-order valence-electron chi connectivity index (χ0n) is 18.2. The third kappa shape index (κ3) is 3.73. The number of nitrogens with one attached hydrogen (secondary N) is 2. The second-order valence-corrected chi connectivity index (χ2v) is 7.85. The first-order chi connectivity index (χ1) is 15.6. The largest absolute Gasteiger partial charge is 0.494 e. The van der Waals surface area contributed by atoms with Crippen molar-refractivity contribution in [1.82, 2.24) is 19.5 Å². The van der Waals surface area contributed by atoms with E-state index in [0.29, 0.717) is 6.61 Å². The van der Waals surface area contributed by atoms with Crippen LogP contribution in [0, 0.1) is 0 Å². The highest BCUT2D eigenvalue weighted by Gasteiger charge is 2.12. The molecule has 162 valence electrons. The minimum absolute atomic E-state index is 0.255. The highest BCUT2D eigenvalue weighted by Crippen LogP contribution is 2.29. The Morgan fingerprint density at radius 2 is 1.97 bits per heavy atom. The van der Waals surface area contributed by atoms with Crippen LogP contribution in [0.1, 0.15) is 18.1 Å². The van der Waals surface area contributed by atoms with E-state index in [1.54, 1.807) is 0 Å². The van der Waals surface area contributed by atoms with Crippen LogP contribution in [-0.4, -0.2) is 26.1 Å². The normalized spacial score (nSPS) is 11.3. The maximum Gasteiger partial charge on any atom is 0.221 e. The minimum atomic E-state index is 0.255. The molecule has 0 bridgehead atoms. The van der Waals surface area contributed by atoms with E-state index in [-0.39, 0.29) is 5.95 Å². The second kappa shape index (κ2) is 8.26. The molecule has 4 N–H and O–H groups in total. The summed E-state index contributed by atoms with van der Waals surface area (Å²) in [6.45, 7) is 2.64. The summed E-state index contributed by atoms with van der Waals surface area (Å²) < 4.78 is 7.78. The number of aryl methyl sites for hydroxylation is 3. The number of nitrogens with zero attached hydrogens (tertiary/aromatic N) is 3. The highest BCUT2D eigenvalue weighted by atomic mass is 16.5. The van der Waals surface area contributed by atoms with Crippen molar-refractivity contribution < 1.29 is 4.74 Å². The first-order valence-electron chi connectivity index (χ1n) is 10.8. The van der Waals surface area contributed by atoms with Crippen LogP contribution < -0.4 is 15.8 Å². The standard InChI is InChI=1S/C25H26N6O/c1-3-32-18-9-10-21-20(13-18)16(14-27-21)7-8-17-15-28-25(26)30-24(17)29-22-5-4-6-23-19(22)11-12-31(23)2/h4-6,9-15,27H,3,7-8H2,1-2H3,(H3,26,28,29,30). The zero-order chi connectivity index (χ0) is 22.1. The third-order valence-corrected chi connectivity index (χ3v) is 5.78. The van der Waals surface area contributed by atoms with Gasteiger partial charge < -0.3 is 25.3 Å². The van der Waals surface area contributed by atoms with Crippen LogP contribution in [0.4, 0.5) is 17.5 Å². The number of fused-ring (bicyclic) bond motifs is 2. The number of aromatic nitrogens is 4. The van der Waals surface area contributed by atoms with E-state index < -0.39 is 0 Å². The number of ether oxygens (including phenoxy) is 1. The summed E-state index contributed by atoms with van der Waals surface area (Å²) in [5.74, 6) is 1.88. The topological polar surface area (TPSA) is 93.8 Å². The molecule has 0 aliphatic heterocycles. The molecule has 5 aromatic rings. The second-order valence-electron chi connectivity index (χ2n) is 7.85. The maximum absolute atomic E-state index is 5.92. The SMILES string of the molecule is CCOc1ccc2[nH]cc(CCc3cnc(N)nc3Nc3cccc4c3ccn4C)c2c1. The molecule has 0 radical (unpaired) electrons. The Morgan fingerprint density at radius 1 is 1.09 bits per heavy atom. The molecule has 5 rings (SSSR count). The molecule has 7 heteroatoms. The molecular weight excluding hydrogens is 400 g/mol. The van der Waals surface area contributed by atoms with E-state index >= 15 is 0 Å². The van der Waals surface area contributed by atoms with Crippen LogP contribution in [0.2, 0.25) is 0 Å². The molecule has 3 aromatic heterocycles. The van der Waals surface area contributed by atoms with Gasteiger partial charge in [0.25, 0.3) is 0 Å². The van der Waals surface area contributed by atoms with Gasteiger partial charge in [-0.1, -0.05) is 6.07 Å². The van der Waals surface area contributed by atoms with E-state index in [0.717, 1.165) is 52.1 Å². The Hall–Kier alpha value is -4.00. The third-order valence-electron chi connectivity index (χ3n) is 5.78. The van der Waals surface area contributed by atoms with Crippen molar-refractivity contribution in [2.45, 2.75) is 19.8 Å². The number of hydrogen-bond donors (Lipinski definition) is 3. The monoisotopic (exact) mass is 426 g/mol. The Kier molecular flexibility index (Phi) is 5.15. The predicted molar refractivity (Wildman–Crippen MR) is 130 cm³/mol. The molecule has 0 aliphatic carbocycles. The van der Waals surface area contributed by atoms with Gasteiger partial charge in [-0.2, -0.15) is 4.98 Å². The van der Waals surface area contributed by atoms with Crippen LogP contribution in [0.5, 0.6) is 5.75 Å². The van der Waals surface area contributed by atoms with Crippen LogP contribution in [0.3, 0.4) is 0 Å². The maximum atomic E-state index is 5.92. The number of anilines is 3. The molecule has 32 heavy (non-hydrogen) atoms. The van der Waals surface area contributed by atoms with E-state index in [1.165, 1.54) is 10.9 Å². The van der Waals surface area contributed by atoms with Crippen LogP contribution in [-0.2, 0) is 19.9 Å². The summed E-state index contributed by atoms with van der Waals surface area (Å²) in [4.78, 5) is 12.1. The lowest BCUT2D eigenvalue weighted by Gasteiger charge is -2.12. The van der Waals surface area contributed by atoms with Crippen molar-refractivity contribution in [3.05, 3.63) is 72.2 Å². The molecule has 0 saturated carbocycles. The molecule has 7 nitrogen and oxygen atoms in total. The van der Waals surface area contributed by atoms with Gasteiger partial charge in [-0.25, -0.2) is 4.98 Å². The summed E-state index contributed by atoms with van der Waals surface area (Å²) in [6, 6.07) is 14.4. The summed E-state index contributed by atoms with van der Waals surface area (Å²) >= 11 is 0. The Balaban J connectivity index is 1.43. The fourth-order valence-corrected chi connectivity index (χ4v) is 4.14. The van der Waals surface area contributed by atoms with Gasteiger partial charge in [0.2, 0.25) is 5.95 Å². The van der Waals surface area contributed by atoms with Crippen molar-refractivity contribution in [1.29, 1.82) is 0 Å². The first-order valence-corrected chi connectivity index (χ1v) is 10.8. The number of rotatable bonds is 7. The van der Waals surface area contributed by atoms with Crippen LogP contribution in [0.15, 0.2) is 61.1 Å². The fraction of sp³-hybridized carbons (Fsp3) is 0.200. The number of nitrogen functional groups attached to an aromatic ring is 1. The number of nitrogens with two attached hydrogens (primary N) is 1. The molecule has 0 aliphatic rings. The number of aromatic amines is 1. The van der Waals surface area contributed by atoms with Crippen LogP contribution in [0.25, 0.3) is 21.8 Å². The Labute approximate surface area is 186 Å². The molecule has 2 aromatic carbocycles. The molecular formula is C25H26N6O. The minimum Gasteiger partial charge on any atom is -0.494 e. The number of hydrogen-bond acceptors (Lipinski definition) is 5. The van der Waals surface area contributed by atoms with Gasteiger partial charge in [0, 0.05) is 58.7 Å². The Morgan fingerprint density at radius 3 is 2.84 bits per heavy atom. The molecule has 0 spiro atoms. The van der Waals surface area contributed by atoms with E-state index in [4.69, 9.17) is 10.5 Å². The average molecular weight is 427 g/mol. The van der Waals surface area contributed by atoms with Crippen molar-refractivity contribution in [2.24, 2.45) is 7.05 Å². The van der Waals surface area contributed by atoms with Gasteiger partial charge in [0.05, 0.1) is 6.61 Å². The molecule has 3 heterocycles. The molecule has 0 atom stereocenters. The van der Waals surface area contributed by atoms with Gasteiger partial charge in [-0.15, -0.1) is 0 Å². The summed E-state index contributed by atoms with van der Waals surface area (Å²) in [5, 5.41) is 5.80. The molecule has 0 saturated heterocycles. The lowest BCUT2D eigenvalue weighted by Crippen LogP contribution is -2.05. The van der Waals surface area contributed by atoms with Gasteiger partial charge in [-0.3, -0.25) is 0 Å². The van der Waals surface area contributed by atoms with Crippen molar-refractivity contribution >= 4 is 39.3 Å². The lowest BCUT2D eigenvalue weighted by molar-refractivity contribution is 0.340. The lowest BCUT2D eigenvalue weighted by atomic mass is 10.0.